The van der Waals surface area contributed by atoms with E-state index in [1.165, 1.54) is 16.0 Å². The molecule has 0 aliphatic carbocycles. The van der Waals surface area contributed by atoms with Crippen molar-refractivity contribution in [3.63, 3.8) is 0 Å². The smallest absolute Gasteiger partial charge is 0.101 e. The quantitative estimate of drug-likeness (QED) is 0.900. The van der Waals surface area contributed by atoms with E-state index in [1.807, 2.05) is 18.3 Å². The lowest BCUT2D eigenvalue weighted by molar-refractivity contribution is 1.02. The highest BCUT2D eigenvalue weighted by atomic mass is 32.2. The van der Waals surface area contributed by atoms with E-state index >= 15 is 0 Å². The number of hydrogen-bond donors (Lipinski definition) is 1. The van der Waals surface area contributed by atoms with Gasteiger partial charge >= 0.3 is 0 Å². The first-order chi connectivity index (χ1) is 8.19. The molecule has 17 heavy (non-hydrogen) atoms. The lowest BCUT2D eigenvalue weighted by Gasteiger charge is -2.05. The molecule has 2 N–H and O–H groups in total. The fourth-order valence-corrected chi connectivity index (χ4v) is 2.47. The molecule has 0 spiro atoms. The number of aryl methyl sites for hydroxylation is 2. The molecule has 1 aromatic carbocycles. The zero-order chi connectivity index (χ0) is 12.3. The Kier molecular flexibility index (Phi) is 3.82. The number of rotatable bonds is 3. The van der Waals surface area contributed by atoms with Crippen LogP contribution in [0.3, 0.4) is 0 Å². The van der Waals surface area contributed by atoms with Crippen LogP contribution in [0.2, 0.25) is 0 Å². The highest BCUT2D eigenvalue weighted by Gasteiger charge is 2.01. The first kappa shape index (κ1) is 12.1. The third kappa shape index (κ3) is 3.08. The van der Waals surface area contributed by atoms with Gasteiger partial charge in [-0.1, -0.05) is 17.8 Å². The van der Waals surface area contributed by atoms with Crippen molar-refractivity contribution in [2.24, 2.45) is 5.73 Å². The Morgan fingerprint density at radius 3 is 2.65 bits per heavy atom. The molecule has 0 saturated heterocycles. The summed E-state index contributed by atoms with van der Waals surface area (Å²) in [5.41, 5.74) is 9.36. The topological polar surface area (TPSA) is 38.9 Å². The number of aromatic nitrogens is 1. The van der Waals surface area contributed by atoms with Gasteiger partial charge in [-0.25, -0.2) is 4.98 Å². The molecule has 0 radical (unpaired) electrons. The van der Waals surface area contributed by atoms with Crippen molar-refractivity contribution in [3.05, 3.63) is 53.2 Å². The Morgan fingerprint density at radius 1 is 1.12 bits per heavy atom. The van der Waals surface area contributed by atoms with Crippen molar-refractivity contribution < 1.29 is 0 Å². The van der Waals surface area contributed by atoms with Crippen LogP contribution in [-0.2, 0) is 6.54 Å². The van der Waals surface area contributed by atoms with E-state index in [4.69, 9.17) is 5.73 Å². The van der Waals surface area contributed by atoms with Gasteiger partial charge in [0.2, 0.25) is 0 Å². The minimum Gasteiger partial charge on any atom is -0.326 e. The lowest BCUT2D eigenvalue weighted by atomic mass is 10.1. The average molecular weight is 244 g/mol. The van der Waals surface area contributed by atoms with Crippen molar-refractivity contribution in [2.75, 3.05) is 0 Å². The van der Waals surface area contributed by atoms with Crippen molar-refractivity contribution in [1.82, 2.24) is 4.98 Å². The summed E-state index contributed by atoms with van der Waals surface area (Å²) in [7, 11) is 0. The second kappa shape index (κ2) is 5.34. The number of nitrogens with two attached hydrogens (primary N) is 1. The maximum absolute atomic E-state index is 5.62. The molecular formula is C14H16N2S. The molecule has 2 aromatic rings. The maximum atomic E-state index is 5.62. The normalized spacial score (nSPS) is 10.5. The Labute approximate surface area is 106 Å². The second-order valence-corrected chi connectivity index (χ2v) is 5.15. The Morgan fingerprint density at radius 2 is 1.94 bits per heavy atom. The van der Waals surface area contributed by atoms with Gasteiger partial charge < -0.3 is 5.73 Å². The minimum absolute atomic E-state index is 0.559. The lowest BCUT2D eigenvalue weighted by Crippen LogP contribution is -1.96. The SMILES string of the molecule is Cc1ccc(Sc2cc(CN)ccn2)cc1C. The average Bonchev–Trinajstić information content (AvgIpc) is 2.34. The molecule has 2 nitrogen and oxygen atoms in total. The molecule has 0 saturated carbocycles. The standard InChI is InChI=1S/C14H16N2S/c1-10-3-4-13(7-11(10)2)17-14-8-12(9-15)5-6-16-14/h3-8H,9,15H2,1-2H3. The highest BCUT2D eigenvalue weighted by molar-refractivity contribution is 7.99. The maximum Gasteiger partial charge on any atom is 0.101 e. The van der Waals surface area contributed by atoms with Crippen LogP contribution in [0.1, 0.15) is 16.7 Å². The Balaban J connectivity index is 2.22. The van der Waals surface area contributed by atoms with Crippen LogP contribution in [0, 0.1) is 13.8 Å². The summed E-state index contributed by atoms with van der Waals surface area (Å²) in [4.78, 5) is 5.56. The van der Waals surface area contributed by atoms with Gasteiger partial charge in [-0.3, -0.25) is 0 Å². The van der Waals surface area contributed by atoms with Crippen LogP contribution in [0.15, 0.2) is 46.5 Å². The van der Waals surface area contributed by atoms with Gasteiger partial charge in [-0.05, 0) is 54.8 Å². The van der Waals surface area contributed by atoms with E-state index < -0.39 is 0 Å². The summed E-state index contributed by atoms with van der Waals surface area (Å²) in [6.45, 7) is 4.81. The summed E-state index contributed by atoms with van der Waals surface area (Å²) in [6, 6.07) is 10.5. The van der Waals surface area contributed by atoms with E-state index in [9.17, 15) is 0 Å². The third-order valence-corrected chi connectivity index (χ3v) is 3.66. The van der Waals surface area contributed by atoms with Crippen molar-refractivity contribution in [1.29, 1.82) is 0 Å². The molecule has 2 rings (SSSR count). The van der Waals surface area contributed by atoms with Crippen molar-refractivity contribution in [3.8, 4) is 0 Å². The van der Waals surface area contributed by atoms with E-state index in [0.717, 1.165) is 10.6 Å². The van der Waals surface area contributed by atoms with Gasteiger partial charge in [0.05, 0.1) is 0 Å². The summed E-state index contributed by atoms with van der Waals surface area (Å²) >= 11 is 1.67. The highest BCUT2D eigenvalue weighted by Crippen LogP contribution is 2.27. The first-order valence-corrected chi connectivity index (χ1v) is 6.41. The molecule has 0 unspecified atom stereocenters. The molecule has 0 amide bonds. The van der Waals surface area contributed by atoms with Crippen LogP contribution in [0.5, 0.6) is 0 Å². The fourth-order valence-electron chi connectivity index (χ4n) is 1.53. The van der Waals surface area contributed by atoms with Gasteiger partial charge in [-0.2, -0.15) is 0 Å². The third-order valence-electron chi connectivity index (χ3n) is 2.74. The predicted octanol–water partition coefficient (Wildman–Crippen LogP) is 3.31. The largest absolute Gasteiger partial charge is 0.326 e. The van der Waals surface area contributed by atoms with Crippen molar-refractivity contribution >= 4 is 11.8 Å². The molecule has 0 bridgehead atoms. The second-order valence-electron chi connectivity index (χ2n) is 4.05. The predicted molar refractivity (Wildman–Crippen MR) is 72.2 cm³/mol. The molecule has 0 aliphatic heterocycles. The van der Waals surface area contributed by atoms with Gasteiger partial charge in [0, 0.05) is 17.6 Å². The van der Waals surface area contributed by atoms with Gasteiger partial charge in [0.25, 0.3) is 0 Å². The summed E-state index contributed by atoms with van der Waals surface area (Å²) in [5.74, 6) is 0. The Bertz CT molecular complexity index is 523. The van der Waals surface area contributed by atoms with Gasteiger partial charge in [0.1, 0.15) is 5.03 Å². The van der Waals surface area contributed by atoms with Crippen LogP contribution < -0.4 is 5.73 Å². The summed E-state index contributed by atoms with van der Waals surface area (Å²) < 4.78 is 0. The molecular weight excluding hydrogens is 228 g/mol. The molecule has 1 heterocycles. The zero-order valence-corrected chi connectivity index (χ0v) is 10.9. The van der Waals surface area contributed by atoms with E-state index in [-0.39, 0.29) is 0 Å². The fraction of sp³-hybridized carbons (Fsp3) is 0.214. The van der Waals surface area contributed by atoms with Crippen molar-refractivity contribution in [2.45, 2.75) is 30.3 Å². The minimum atomic E-state index is 0.559. The summed E-state index contributed by atoms with van der Waals surface area (Å²) in [6.07, 6.45) is 1.81. The number of hydrogen-bond acceptors (Lipinski definition) is 3. The molecule has 0 fully saturated rings. The van der Waals surface area contributed by atoms with Crippen LogP contribution in [0.4, 0.5) is 0 Å². The molecule has 3 heteroatoms. The summed E-state index contributed by atoms with van der Waals surface area (Å²) in [5, 5.41) is 0.996. The van der Waals surface area contributed by atoms with E-state index in [1.54, 1.807) is 11.8 Å². The molecule has 1 aromatic heterocycles. The number of nitrogens with zero attached hydrogens (tertiary/aromatic N) is 1. The van der Waals surface area contributed by atoms with E-state index in [0.29, 0.717) is 6.54 Å². The first-order valence-electron chi connectivity index (χ1n) is 5.59. The van der Waals surface area contributed by atoms with Crippen LogP contribution in [-0.4, -0.2) is 4.98 Å². The molecule has 0 aliphatic rings. The number of pyridine rings is 1. The van der Waals surface area contributed by atoms with Crippen LogP contribution in [0.25, 0.3) is 0 Å². The van der Waals surface area contributed by atoms with Gasteiger partial charge in [-0.15, -0.1) is 0 Å². The molecule has 0 atom stereocenters. The Hall–Kier alpha value is -1.32. The van der Waals surface area contributed by atoms with Crippen LogP contribution >= 0.6 is 11.8 Å². The van der Waals surface area contributed by atoms with E-state index in [2.05, 4.69) is 37.0 Å². The monoisotopic (exact) mass is 244 g/mol. The molecule has 88 valence electrons. The number of benzene rings is 1. The van der Waals surface area contributed by atoms with Gasteiger partial charge in [0.15, 0.2) is 0 Å². The zero-order valence-electron chi connectivity index (χ0n) is 10.1.